The Morgan fingerprint density at radius 2 is 2.23 bits per heavy atom. The lowest BCUT2D eigenvalue weighted by Crippen LogP contribution is -2.20. The quantitative estimate of drug-likeness (QED) is 0.677. The largest absolute Gasteiger partial charge is 0.373 e. The highest BCUT2D eigenvalue weighted by Gasteiger charge is 2.25. The predicted octanol–water partition coefficient (Wildman–Crippen LogP) is 2.76. The number of hydrogen-bond donors (Lipinski definition) is 0. The number of rotatable bonds is 6. The van der Waals surface area contributed by atoms with Crippen LogP contribution < -0.4 is 0 Å². The van der Waals surface area contributed by atoms with Gasteiger partial charge in [-0.15, -0.1) is 0 Å². The maximum absolute atomic E-state index is 5.89. The Bertz CT molecular complexity index is 853. The zero-order valence-corrected chi connectivity index (χ0v) is 15.0. The van der Waals surface area contributed by atoms with Crippen molar-refractivity contribution in [1.82, 2.24) is 19.9 Å². The summed E-state index contributed by atoms with van der Waals surface area (Å²) in [7, 11) is 0. The molecule has 26 heavy (non-hydrogen) atoms. The van der Waals surface area contributed by atoms with Crippen LogP contribution >= 0.6 is 0 Å². The number of ether oxygens (including phenoxy) is 2. The van der Waals surface area contributed by atoms with Crippen molar-refractivity contribution in [2.75, 3.05) is 13.2 Å². The Balaban J connectivity index is 1.42. The van der Waals surface area contributed by atoms with Crippen molar-refractivity contribution in [3.63, 3.8) is 0 Å². The highest BCUT2D eigenvalue weighted by molar-refractivity contribution is 5.23. The van der Waals surface area contributed by atoms with Gasteiger partial charge in [0, 0.05) is 18.0 Å². The summed E-state index contributed by atoms with van der Waals surface area (Å²) in [6.45, 7) is 6.07. The normalized spacial score (nSPS) is 16.6. The standard InChI is InChI=1S/C19H22N4O3/c1-13-17(14(2)26-22-13)11-24-12-18-19-15(6-8-25-18)9-23(21-19)10-16-5-3-4-7-20-16/h3-5,7,9,18H,6,8,10-12H2,1-2H3. The SMILES string of the molecule is Cc1noc(C)c1COCC1OCCc2cn(Cc3ccccn3)nc21. The van der Waals surface area contributed by atoms with Crippen LogP contribution in [0.5, 0.6) is 0 Å². The molecule has 0 N–H and O–H groups in total. The van der Waals surface area contributed by atoms with E-state index in [1.807, 2.05) is 36.7 Å². The van der Waals surface area contributed by atoms with Gasteiger partial charge in [-0.2, -0.15) is 5.10 Å². The Kier molecular flexibility index (Phi) is 4.81. The minimum absolute atomic E-state index is 0.149. The van der Waals surface area contributed by atoms with Crippen LogP contribution in [0.3, 0.4) is 0 Å². The number of aromatic nitrogens is 4. The predicted molar refractivity (Wildman–Crippen MR) is 93.6 cm³/mol. The van der Waals surface area contributed by atoms with Gasteiger partial charge in [-0.25, -0.2) is 0 Å². The van der Waals surface area contributed by atoms with Crippen LogP contribution in [0.15, 0.2) is 35.1 Å². The second kappa shape index (κ2) is 7.39. The van der Waals surface area contributed by atoms with E-state index in [9.17, 15) is 0 Å². The lowest BCUT2D eigenvalue weighted by Gasteiger charge is -2.21. The van der Waals surface area contributed by atoms with Gasteiger partial charge in [-0.1, -0.05) is 11.2 Å². The summed E-state index contributed by atoms with van der Waals surface area (Å²) in [6.07, 6.45) is 4.61. The molecule has 7 heteroatoms. The zero-order chi connectivity index (χ0) is 17.9. The summed E-state index contributed by atoms with van der Waals surface area (Å²) < 4.78 is 18.9. The van der Waals surface area contributed by atoms with Gasteiger partial charge in [-0.05, 0) is 38.0 Å². The van der Waals surface area contributed by atoms with Gasteiger partial charge in [0.05, 0.1) is 43.4 Å². The summed E-state index contributed by atoms with van der Waals surface area (Å²) in [6, 6.07) is 5.90. The molecule has 136 valence electrons. The van der Waals surface area contributed by atoms with Crippen molar-refractivity contribution in [1.29, 1.82) is 0 Å². The highest BCUT2D eigenvalue weighted by atomic mass is 16.5. The first-order chi connectivity index (χ1) is 12.7. The van der Waals surface area contributed by atoms with E-state index in [1.54, 1.807) is 6.20 Å². The van der Waals surface area contributed by atoms with E-state index in [4.69, 9.17) is 19.1 Å². The van der Waals surface area contributed by atoms with E-state index in [0.717, 1.165) is 34.8 Å². The van der Waals surface area contributed by atoms with Crippen LogP contribution in [0.25, 0.3) is 0 Å². The van der Waals surface area contributed by atoms with Gasteiger partial charge in [0.15, 0.2) is 0 Å². The average Bonchev–Trinajstić information content (AvgIpc) is 3.20. The van der Waals surface area contributed by atoms with E-state index in [2.05, 4.69) is 16.3 Å². The molecule has 1 aliphatic heterocycles. The monoisotopic (exact) mass is 354 g/mol. The molecule has 1 atom stereocenters. The van der Waals surface area contributed by atoms with E-state index < -0.39 is 0 Å². The number of nitrogens with zero attached hydrogens (tertiary/aromatic N) is 4. The minimum atomic E-state index is -0.149. The first-order valence-corrected chi connectivity index (χ1v) is 8.78. The molecule has 7 nitrogen and oxygen atoms in total. The third-order valence-electron chi connectivity index (χ3n) is 4.61. The van der Waals surface area contributed by atoms with Crippen LogP contribution in [-0.4, -0.2) is 33.1 Å². The zero-order valence-electron chi connectivity index (χ0n) is 15.0. The minimum Gasteiger partial charge on any atom is -0.373 e. The number of pyridine rings is 1. The molecule has 0 radical (unpaired) electrons. The average molecular weight is 354 g/mol. The fourth-order valence-electron chi connectivity index (χ4n) is 3.17. The van der Waals surface area contributed by atoms with Crippen molar-refractivity contribution in [3.8, 4) is 0 Å². The van der Waals surface area contributed by atoms with Gasteiger partial charge in [-0.3, -0.25) is 9.67 Å². The molecular weight excluding hydrogens is 332 g/mol. The molecule has 0 saturated heterocycles. The van der Waals surface area contributed by atoms with Crippen LogP contribution in [-0.2, 0) is 29.0 Å². The third kappa shape index (κ3) is 3.54. The van der Waals surface area contributed by atoms with Crippen LogP contribution in [0, 0.1) is 13.8 Å². The van der Waals surface area contributed by atoms with Gasteiger partial charge in [0.1, 0.15) is 11.9 Å². The summed E-state index contributed by atoms with van der Waals surface area (Å²) in [5.41, 5.74) is 5.04. The summed E-state index contributed by atoms with van der Waals surface area (Å²) in [5.74, 6) is 0.799. The molecule has 0 bridgehead atoms. The Morgan fingerprint density at radius 3 is 3.00 bits per heavy atom. The highest BCUT2D eigenvalue weighted by Crippen LogP contribution is 2.27. The van der Waals surface area contributed by atoms with Crippen molar-refractivity contribution in [2.24, 2.45) is 0 Å². The first kappa shape index (κ1) is 16.9. The topological polar surface area (TPSA) is 75.2 Å². The summed E-state index contributed by atoms with van der Waals surface area (Å²) in [4.78, 5) is 4.36. The first-order valence-electron chi connectivity index (χ1n) is 8.78. The molecule has 4 rings (SSSR count). The molecule has 0 aromatic carbocycles. The van der Waals surface area contributed by atoms with E-state index in [1.165, 1.54) is 5.56 Å². The summed E-state index contributed by atoms with van der Waals surface area (Å²) >= 11 is 0. The molecule has 0 aliphatic carbocycles. The molecule has 1 aliphatic rings. The molecule has 0 fully saturated rings. The van der Waals surface area contributed by atoms with Crippen molar-refractivity contribution in [2.45, 2.75) is 39.5 Å². The van der Waals surface area contributed by atoms with E-state index in [-0.39, 0.29) is 6.10 Å². The fraction of sp³-hybridized carbons (Fsp3) is 0.421. The lowest BCUT2D eigenvalue weighted by molar-refractivity contribution is -0.0323. The second-order valence-electron chi connectivity index (χ2n) is 6.49. The molecule has 0 saturated carbocycles. The smallest absolute Gasteiger partial charge is 0.139 e. The molecule has 3 aromatic heterocycles. The molecular formula is C19H22N4O3. The number of fused-ring (bicyclic) bond motifs is 1. The van der Waals surface area contributed by atoms with Gasteiger partial charge in [0.25, 0.3) is 0 Å². The Morgan fingerprint density at radius 1 is 1.31 bits per heavy atom. The molecule has 4 heterocycles. The molecule has 1 unspecified atom stereocenters. The van der Waals surface area contributed by atoms with Crippen LogP contribution in [0.1, 0.15) is 40.1 Å². The summed E-state index contributed by atoms with van der Waals surface area (Å²) in [5, 5.41) is 8.67. The van der Waals surface area contributed by atoms with E-state index >= 15 is 0 Å². The van der Waals surface area contributed by atoms with Crippen molar-refractivity contribution >= 4 is 0 Å². The van der Waals surface area contributed by atoms with Gasteiger partial charge >= 0.3 is 0 Å². The molecule has 0 amide bonds. The van der Waals surface area contributed by atoms with Crippen LogP contribution in [0.4, 0.5) is 0 Å². The Labute approximate surface area is 151 Å². The van der Waals surface area contributed by atoms with E-state index in [0.29, 0.717) is 26.4 Å². The van der Waals surface area contributed by atoms with Gasteiger partial charge in [0.2, 0.25) is 0 Å². The van der Waals surface area contributed by atoms with Crippen molar-refractivity contribution in [3.05, 3.63) is 64.6 Å². The molecule has 0 spiro atoms. The van der Waals surface area contributed by atoms with Gasteiger partial charge < -0.3 is 14.0 Å². The number of hydrogen-bond acceptors (Lipinski definition) is 6. The maximum Gasteiger partial charge on any atom is 0.139 e. The Hall–Kier alpha value is -2.51. The lowest BCUT2D eigenvalue weighted by atomic mass is 10.1. The maximum atomic E-state index is 5.89. The third-order valence-corrected chi connectivity index (χ3v) is 4.61. The second-order valence-corrected chi connectivity index (χ2v) is 6.49. The van der Waals surface area contributed by atoms with Crippen LogP contribution in [0.2, 0.25) is 0 Å². The fourth-order valence-corrected chi connectivity index (χ4v) is 3.17. The number of aryl methyl sites for hydroxylation is 2. The van der Waals surface area contributed by atoms with Crippen molar-refractivity contribution < 1.29 is 14.0 Å². The molecule has 3 aromatic rings.